The van der Waals surface area contributed by atoms with Crippen LogP contribution in [0.25, 0.3) is 11.3 Å². The molecule has 1 aliphatic heterocycles. The highest BCUT2D eigenvalue weighted by atomic mass is 79.9. The topological polar surface area (TPSA) is 24.9 Å². The van der Waals surface area contributed by atoms with Gasteiger partial charge in [-0.05, 0) is 38.1 Å². The average molecular weight is 358 g/mol. The van der Waals surface area contributed by atoms with Crippen molar-refractivity contribution in [2.75, 3.05) is 13.1 Å². The highest BCUT2D eigenvalue weighted by Gasteiger charge is 2.19. The standard InChI is InChI=1S/C14H14BrClN2S/c15-10-1-2-11(12(16)7-10)13-8-19-14(18-13)9-3-5-17-6-4-9/h1-2,7-9,17H,3-6H2. The first-order valence-corrected chi connectivity index (χ1v) is 8.40. The van der Waals surface area contributed by atoms with E-state index < -0.39 is 0 Å². The van der Waals surface area contributed by atoms with Gasteiger partial charge in [-0.25, -0.2) is 4.98 Å². The largest absolute Gasteiger partial charge is 0.317 e. The second-order valence-electron chi connectivity index (χ2n) is 4.72. The molecule has 1 aliphatic rings. The predicted molar refractivity (Wildman–Crippen MR) is 85.1 cm³/mol. The van der Waals surface area contributed by atoms with E-state index in [1.54, 1.807) is 11.3 Å². The third-order valence-electron chi connectivity index (χ3n) is 3.42. The molecule has 1 aromatic heterocycles. The number of thiazole rings is 1. The van der Waals surface area contributed by atoms with Crippen LogP contribution in [0.1, 0.15) is 23.8 Å². The van der Waals surface area contributed by atoms with Crippen LogP contribution in [-0.4, -0.2) is 18.1 Å². The number of piperidine rings is 1. The van der Waals surface area contributed by atoms with Gasteiger partial charge in [0.2, 0.25) is 0 Å². The van der Waals surface area contributed by atoms with Crippen molar-refractivity contribution >= 4 is 38.9 Å². The third-order valence-corrected chi connectivity index (χ3v) is 5.23. The Hall–Kier alpha value is -0.420. The van der Waals surface area contributed by atoms with Gasteiger partial charge < -0.3 is 5.32 Å². The maximum absolute atomic E-state index is 6.28. The first-order chi connectivity index (χ1) is 9.24. The monoisotopic (exact) mass is 356 g/mol. The second kappa shape index (κ2) is 5.92. The Morgan fingerprint density at radius 3 is 2.84 bits per heavy atom. The van der Waals surface area contributed by atoms with Crippen molar-refractivity contribution in [2.45, 2.75) is 18.8 Å². The molecule has 2 nitrogen and oxygen atoms in total. The molecule has 1 fully saturated rings. The minimum Gasteiger partial charge on any atom is -0.317 e. The summed E-state index contributed by atoms with van der Waals surface area (Å²) in [5.41, 5.74) is 2.01. The number of nitrogens with zero attached hydrogens (tertiary/aromatic N) is 1. The number of hydrogen-bond acceptors (Lipinski definition) is 3. The summed E-state index contributed by atoms with van der Waals surface area (Å²) >= 11 is 11.5. The molecule has 2 heterocycles. The van der Waals surface area contributed by atoms with Crippen molar-refractivity contribution in [3.63, 3.8) is 0 Å². The molecule has 0 unspecified atom stereocenters. The van der Waals surface area contributed by atoms with Gasteiger partial charge in [0.1, 0.15) is 0 Å². The van der Waals surface area contributed by atoms with Crippen LogP contribution in [0.4, 0.5) is 0 Å². The highest BCUT2D eigenvalue weighted by molar-refractivity contribution is 9.10. The molecular formula is C14H14BrClN2S. The van der Waals surface area contributed by atoms with E-state index in [0.29, 0.717) is 5.92 Å². The molecule has 2 aromatic rings. The summed E-state index contributed by atoms with van der Waals surface area (Å²) in [5.74, 6) is 0.606. The molecule has 5 heteroatoms. The fraction of sp³-hybridized carbons (Fsp3) is 0.357. The Balaban J connectivity index is 1.87. The summed E-state index contributed by atoms with van der Waals surface area (Å²) in [6, 6.07) is 5.94. The first kappa shape index (κ1) is 13.6. The summed E-state index contributed by atoms with van der Waals surface area (Å²) in [6.45, 7) is 2.19. The van der Waals surface area contributed by atoms with Crippen LogP contribution in [0.3, 0.4) is 0 Å². The molecule has 0 atom stereocenters. The van der Waals surface area contributed by atoms with E-state index in [4.69, 9.17) is 16.6 Å². The molecular weight excluding hydrogens is 344 g/mol. The van der Waals surface area contributed by atoms with Gasteiger partial charge in [0.25, 0.3) is 0 Å². The minimum atomic E-state index is 0.606. The number of hydrogen-bond donors (Lipinski definition) is 1. The van der Waals surface area contributed by atoms with E-state index in [1.807, 2.05) is 18.2 Å². The molecule has 0 radical (unpaired) electrons. The van der Waals surface area contributed by atoms with Crippen LogP contribution in [-0.2, 0) is 0 Å². The lowest BCUT2D eigenvalue weighted by Gasteiger charge is -2.20. The molecule has 100 valence electrons. The van der Waals surface area contributed by atoms with Gasteiger partial charge in [0.05, 0.1) is 15.7 Å². The summed E-state index contributed by atoms with van der Waals surface area (Å²) in [6.07, 6.45) is 2.36. The van der Waals surface area contributed by atoms with Crippen LogP contribution >= 0.6 is 38.9 Å². The fourth-order valence-corrected chi connectivity index (χ4v) is 4.13. The van der Waals surface area contributed by atoms with Crippen LogP contribution in [0.2, 0.25) is 5.02 Å². The number of rotatable bonds is 2. The number of halogens is 2. The highest BCUT2D eigenvalue weighted by Crippen LogP contribution is 2.34. The number of nitrogens with one attached hydrogen (secondary N) is 1. The Labute approximate surface area is 130 Å². The lowest BCUT2D eigenvalue weighted by molar-refractivity contribution is 0.459. The molecule has 1 N–H and O–H groups in total. The van der Waals surface area contributed by atoms with Crippen molar-refractivity contribution in [3.8, 4) is 11.3 Å². The lowest BCUT2D eigenvalue weighted by Crippen LogP contribution is -2.26. The van der Waals surface area contributed by atoms with Gasteiger partial charge in [-0.1, -0.05) is 33.6 Å². The number of benzene rings is 1. The molecule has 0 amide bonds. The van der Waals surface area contributed by atoms with E-state index >= 15 is 0 Å². The van der Waals surface area contributed by atoms with Crippen molar-refractivity contribution in [1.29, 1.82) is 0 Å². The van der Waals surface area contributed by atoms with Gasteiger partial charge in [0, 0.05) is 21.3 Å². The molecule has 1 saturated heterocycles. The lowest BCUT2D eigenvalue weighted by atomic mass is 9.99. The quantitative estimate of drug-likeness (QED) is 0.843. The summed E-state index contributed by atoms with van der Waals surface area (Å²) in [7, 11) is 0. The zero-order chi connectivity index (χ0) is 13.2. The maximum atomic E-state index is 6.28. The third kappa shape index (κ3) is 3.02. The van der Waals surface area contributed by atoms with Crippen molar-refractivity contribution < 1.29 is 0 Å². The Morgan fingerprint density at radius 2 is 2.11 bits per heavy atom. The Kier molecular flexibility index (Phi) is 4.22. The molecule has 0 aliphatic carbocycles. The Morgan fingerprint density at radius 1 is 1.32 bits per heavy atom. The van der Waals surface area contributed by atoms with Gasteiger partial charge in [-0.3, -0.25) is 0 Å². The van der Waals surface area contributed by atoms with E-state index in [9.17, 15) is 0 Å². The van der Waals surface area contributed by atoms with E-state index in [-0.39, 0.29) is 0 Å². The first-order valence-electron chi connectivity index (χ1n) is 6.35. The van der Waals surface area contributed by atoms with E-state index in [1.165, 1.54) is 17.8 Å². The molecule has 0 saturated carbocycles. The average Bonchev–Trinajstić information content (AvgIpc) is 2.89. The number of aromatic nitrogens is 1. The molecule has 0 bridgehead atoms. The van der Waals surface area contributed by atoms with Gasteiger partial charge in [-0.2, -0.15) is 0 Å². The predicted octanol–water partition coefficient (Wildman–Crippen LogP) is 4.69. The summed E-state index contributed by atoms with van der Waals surface area (Å²) < 4.78 is 0.995. The summed E-state index contributed by atoms with van der Waals surface area (Å²) in [5, 5.41) is 7.50. The molecule has 19 heavy (non-hydrogen) atoms. The van der Waals surface area contributed by atoms with Crippen LogP contribution in [0.5, 0.6) is 0 Å². The van der Waals surface area contributed by atoms with Crippen LogP contribution in [0, 0.1) is 0 Å². The Bertz CT molecular complexity index is 579. The van der Waals surface area contributed by atoms with Gasteiger partial charge in [0.15, 0.2) is 0 Å². The zero-order valence-electron chi connectivity index (χ0n) is 10.3. The molecule has 1 aromatic carbocycles. The summed E-state index contributed by atoms with van der Waals surface area (Å²) in [4.78, 5) is 4.79. The smallest absolute Gasteiger partial charge is 0.0964 e. The SMILES string of the molecule is Clc1cc(Br)ccc1-c1csc(C2CCNCC2)n1. The second-order valence-corrected chi connectivity index (χ2v) is 6.93. The van der Waals surface area contributed by atoms with Crippen molar-refractivity contribution in [1.82, 2.24) is 10.3 Å². The van der Waals surface area contributed by atoms with Crippen LogP contribution in [0.15, 0.2) is 28.1 Å². The maximum Gasteiger partial charge on any atom is 0.0964 e. The van der Waals surface area contributed by atoms with E-state index in [2.05, 4.69) is 26.6 Å². The normalized spacial score (nSPS) is 16.7. The molecule has 0 spiro atoms. The van der Waals surface area contributed by atoms with Gasteiger partial charge >= 0.3 is 0 Å². The van der Waals surface area contributed by atoms with E-state index in [0.717, 1.165) is 33.8 Å². The molecule has 3 rings (SSSR count). The van der Waals surface area contributed by atoms with Gasteiger partial charge in [-0.15, -0.1) is 11.3 Å². The minimum absolute atomic E-state index is 0.606. The van der Waals surface area contributed by atoms with Crippen molar-refractivity contribution in [2.24, 2.45) is 0 Å². The zero-order valence-corrected chi connectivity index (χ0v) is 13.5. The fourth-order valence-electron chi connectivity index (χ4n) is 2.36. The van der Waals surface area contributed by atoms with Crippen molar-refractivity contribution in [3.05, 3.63) is 38.1 Å². The van der Waals surface area contributed by atoms with Crippen LogP contribution < -0.4 is 5.32 Å².